The number of hydrogen-bond donors (Lipinski definition) is 0. The number of furan rings is 1. The van der Waals surface area contributed by atoms with Crippen molar-refractivity contribution in [3.05, 3.63) is 212 Å². The molecule has 1 heterocycles. The minimum absolute atomic E-state index is 0.907. The van der Waals surface area contributed by atoms with Crippen LogP contribution in [0.3, 0.4) is 0 Å². The number of para-hydroxylation sites is 2. The van der Waals surface area contributed by atoms with E-state index < -0.39 is 0 Å². The first-order valence-electron chi connectivity index (χ1n) is 19.2. The maximum absolute atomic E-state index is 6.44. The fourth-order valence-corrected chi connectivity index (χ4v) is 8.55. The molecule has 2 heteroatoms. The zero-order valence-corrected chi connectivity index (χ0v) is 30.6. The van der Waals surface area contributed by atoms with Gasteiger partial charge in [0.05, 0.1) is 5.69 Å². The Labute approximate surface area is 325 Å². The van der Waals surface area contributed by atoms with Crippen molar-refractivity contribution < 1.29 is 4.42 Å². The molecule has 0 aliphatic carbocycles. The van der Waals surface area contributed by atoms with Crippen LogP contribution in [0, 0.1) is 0 Å². The van der Waals surface area contributed by atoms with Crippen molar-refractivity contribution in [1.29, 1.82) is 0 Å². The molecule has 11 aromatic rings. The second-order valence-electron chi connectivity index (χ2n) is 14.5. The van der Waals surface area contributed by atoms with Gasteiger partial charge in [0, 0.05) is 33.1 Å². The summed E-state index contributed by atoms with van der Waals surface area (Å²) in [6, 6.07) is 76.5. The first-order chi connectivity index (χ1) is 27.8. The normalized spacial score (nSPS) is 11.6. The number of anilines is 3. The van der Waals surface area contributed by atoms with Gasteiger partial charge in [-0.3, -0.25) is 0 Å². The molecule has 0 aliphatic heterocycles. The second kappa shape index (κ2) is 13.2. The van der Waals surface area contributed by atoms with Crippen LogP contribution in [-0.2, 0) is 0 Å². The van der Waals surface area contributed by atoms with Crippen LogP contribution in [0.15, 0.2) is 217 Å². The van der Waals surface area contributed by atoms with E-state index in [1.165, 1.54) is 54.6 Å². The highest BCUT2D eigenvalue weighted by atomic mass is 16.3. The van der Waals surface area contributed by atoms with E-state index in [-0.39, 0.29) is 0 Å². The van der Waals surface area contributed by atoms with Gasteiger partial charge in [0.1, 0.15) is 11.2 Å². The summed E-state index contributed by atoms with van der Waals surface area (Å²) in [4.78, 5) is 2.40. The summed E-state index contributed by atoms with van der Waals surface area (Å²) in [5.41, 5.74) is 12.2. The predicted molar refractivity (Wildman–Crippen MR) is 237 cm³/mol. The van der Waals surface area contributed by atoms with Crippen LogP contribution in [0.1, 0.15) is 0 Å². The van der Waals surface area contributed by atoms with Gasteiger partial charge in [-0.15, -0.1) is 0 Å². The van der Waals surface area contributed by atoms with E-state index in [2.05, 4.69) is 205 Å². The van der Waals surface area contributed by atoms with Gasteiger partial charge in [0.2, 0.25) is 0 Å². The van der Waals surface area contributed by atoms with Crippen LogP contribution in [0.2, 0.25) is 0 Å². The van der Waals surface area contributed by atoms with Crippen LogP contribution < -0.4 is 4.90 Å². The lowest BCUT2D eigenvalue weighted by atomic mass is 9.93. The van der Waals surface area contributed by atoms with Crippen molar-refractivity contribution >= 4 is 71.3 Å². The van der Waals surface area contributed by atoms with Gasteiger partial charge in [0.25, 0.3) is 0 Å². The average molecular weight is 714 g/mol. The van der Waals surface area contributed by atoms with E-state index in [9.17, 15) is 0 Å². The maximum Gasteiger partial charge on any atom is 0.143 e. The van der Waals surface area contributed by atoms with Crippen LogP contribution in [0.25, 0.3) is 87.6 Å². The summed E-state index contributed by atoms with van der Waals surface area (Å²) in [6.07, 6.45) is 0. The molecule has 1 aromatic heterocycles. The first kappa shape index (κ1) is 32.0. The Bertz CT molecular complexity index is 3230. The van der Waals surface area contributed by atoms with Gasteiger partial charge in [0.15, 0.2) is 0 Å². The highest BCUT2D eigenvalue weighted by molar-refractivity contribution is 6.15. The molecular formula is C54H35NO. The van der Waals surface area contributed by atoms with E-state index in [4.69, 9.17) is 4.42 Å². The minimum atomic E-state index is 0.907. The summed E-state index contributed by atoms with van der Waals surface area (Å²) in [5, 5.41) is 9.66. The summed E-state index contributed by atoms with van der Waals surface area (Å²) < 4.78 is 6.44. The molecule has 0 bridgehead atoms. The lowest BCUT2D eigenvalue weighted by Gasteiger charge is -2.28. The summed E-state index contributed by atoms with van der Waals surface area (Å²) >= 11 is 0. The Balaban J connectivity index is 1.06. The van der Waals surface area contributed by atoms with Crippen molar-refractivity contribution in [1.82, 2.24) is 0 Å². The smallest absolute Gasteiger partial charge is 0.143 e. The molecule has 56 heavy (non-hydrogen) atoms. The SMILES string of the molecule is c1ccc(-c2cc(-c3ccc(N(c4ccc(-c5cccc6c5oc5ccccc56)cc4)c4cc5ccccc5c5ccccc45)cc3)cc3ccccc23)cc1. The Morgan fingerprint density at radius 3 is 1.61 bits per heavy atom. The topological polar surface area (TPSA) is 16.4 Å². The van der Waals surface area contributed by atoms with Gasteiger partial charge in [-0.25, -0.2) is 0 Å². The van der Waals surface area contributed by atoms with Gasteiger partial charge >= 0.3 is 0 Å². The van der Waals surface area contributed by atoms with Gasteiger partial charge in [-0.1, -0.05) is 164 Å². The summed E-state index contributed by atoms with van der Waals surface area (Å²) in [5.74, 6) is 0. The van der Waals surface area contributed by atoms with Crippen LogP contribution in [0.5, 0.6) is 0 Å². The molecule has 2 nitrogen and oxygen atoms in total. The molecule has 0 radical (unpaired) electrons. The Morgan fingerprint density at radius 2 is 0.857 bits per heavy atom. The van der Waals surface area contributed by atoms with Gasteiger partial charge < -0.3 is 9.32 Å². The van der Waals surface area contributed by atoms with Crippen LogP contribution >= 0.6 is 0 Å². The number of benzene rings is 10. The number of fused-ring (bicyclic) bond motifs is 7. The number of nitrogens with zero attached hydrogens (tertiary/aromatic N) is 1. The molecule has 0 aliphatic rings. The van der Waals surface area contributed by atoms with Crippen molar-refractivity contribution in [3.63, 3.8) is 0 Å². The zero-order valence-electron chi connectivity index (χ0n) is 30.6. The largest absolute Gasteiger partial charge is 0.455 e. The predicted octanol–water partition coefficient (Wildman–Crippen LogP) is 15.5. The van der Waals surface area contributed by atoms with E-state index in [1.54, 1.807) is 0 Å². The zero-order chi connectivity index (χ0) is 37.0. The van der Waals surface area contributed by atoms with Crippen molar-refractivity contribution in [2.45, 2.75) is 0 Å². The van der Waals surface area contributed by atoms with E-state index in [1.807, 2.05) is 12.1 Å². The van der Waals surface area contributed by atoms with Gasteiger partial charge in [-0.2, -0.15) is 0 Å². The molecule has 11 rings (SSSR count). The van der Waals surface area contributed by atoms with E-state index >= 15 is 0 Å². The van der Waals surface area contributed by atoms with E-state index in [0.717, 1.165) is 50.1 Å². The lowest BCUT2D eigenvalue weighted by Crippen LogP contribution is -2.10. The molecule has 0 N–H and O–H groups in total. The minimum Gasteiger partial charge on any atom is -0.455 e. The van der Waals surface area contributed by atoms with Crippen molar-refractivity contribution in [3.8, 4) is 33.4 Å². The molecule has 0 fully saturated rings. The average Bonchev–Trinajstić information content (AvgIpc) is 3.66. The fraction of sp³-hybridized carbons (Fsp3) is 0. The third-order valence-corrected chi connectivity index (χ3v) is 11.2. The number of rotatable bonds is 6. The monoisotopic (exact) mass is 713 g/mol. The third kappa shape index (κ3) is 5.34. The molecule has 0 amide bonds. The molecule has 262 valence electrons. The highest BCUT2D eigenvalue weighted by Gasteiger charge is 2.19. The molecule has 0 atom stereocenters. The van der Waals surface area contributed by atoms with Crippen molar-refractivity contribution in [2.75, 3.05) is 4.90 Å². The fourth-order valence-electron chi connectivity index (χ4n) is 8.55. The Kier molecular flexibility index (Phi) is 7.53. The number of hydrogen-bond acceptors (Lipinski definition) is 2. The third-order valence-electron chi connectivity index (χ3n) is 11.2. The molecule has 0 unspecified atom stereocenters. The molecule has 0 saturated heterocycles. The van der Waals surface area contributed by atoms with Crippen LogP contribution in [-0.4, -0.2) is 0 Å². The lowest BCUT2D eigenvalue weighted by molar-refractivity contribution is 0.670. The van der Waals surface area contributed by atoms with Gasteiger partial charge in [-0.05, 0) is 103 Å². The Hall–Kier alpha value is -7.42. The molecule has 0 saturated carbocycles. The van der Waals surface area contributed by atoms with Crippen molar-refractivity contribution in [2.24, 2.45) is 0 Å². The first-order valence-corrected chi connectivity index (χ1v) is 19.2. The second-order valence-corrected chi connectivity index (χ2v) is 14.5. The molecule has 10 aromatic carbocycles. The standard InChI is InChI=1S/C54H35NO/c1-2-13-37(14-3-1)51-34-41(33-39-15-4-7-18-45(39)51)36-25-29-42(30-26-36)55(52-35-40-16-5-6-17-44(40)47-19-8-9-20-48(47)52)43-31-27-38(28-32-43)46-22-12-23-50-49-21-10-11-24-53(49)56-54(46)50/h1-35H. The van der Waals surface area contributed by atoms with Crippen LogP contribution in [0.4, 0.5) is 17.1 Å². The summed E-state index contributed by atoms with van der Waals surface area (Å²) in [6.45, 7) is 0. The molecule has 0 spiro atoms. The quantitative estimate of drug-likeness (QED) is 0.160. The molecular weight excluding hydrogens is 679 g/mol. The highest BCUT2D eigenvalue weighted by Crippen LogP contribution is 2.44. The summed E-state index contributed by atoms with van der Waals surface area (Å²) in [7, 11) is 0. The maximum atomic E-state index is 6.44. The van der Waals surface area contributed by atoms with E-state index in [0.29, 0.717) is 0 Å². The Morgan fingerprint density at radius 1 is 0.304 bits per heavy atom.